The van der Waals surface area contributed by atoms with E-state index < -0.39 is 22.5 Å². The Labute approximate surface area is 160 Å². The number of hydrazine groups is 1. The van der Waals surface area contributed by atoms with Crippen molar-refractivity contribution in [3.63, 3.8) is 0 Å². The van der Waals surface area contributed by atoms with Gasteiger partial charge in [0.25, 0.3) is 15.9 Å². The molecule has 1 heterocycles. The van der Waals surface area contributed by atoms with Crippen LogP contribution in [0.2, 0.25) is 5.02 Å². The van der Waals surface area contributed by atoms with Gasteiger partial charge in [-0.3, -0.25) is 15.0 Å². The smallest absolute Gasteiger partial charge is 0.272 e. The fourth-order valence-corrected chi connectivity index (χ4v) is 3.55. The zero-order chi connectivity index (χ0) is 19.4. The molecule has 2 amide bonds. The second-order valence-corrected chi connectivity index (χ2v) is 7.83. The molecule has 0 unspecified atom stereocenters. The molecule has 0 bridgehead atoms. The van der Waals surface area contributed by atoms with Crippen molar-refractivity contribution < 1.29 is 22.7 Å². The summed E-state index contributed by atoms with van der Waals surface area (Å²) in [7, 11) is -3.97. The maximum Gasteiger partial charge on any atom is 0.272 e. The van der Waals surface area contributed by atoms with Crippen LogP contribution in [0.5, 0.6) is 5.75 Å². The first-order valence-electron chi connectivity index (χ1n) is 7.96. The van der Waals surface area contributed by atoms with E-state index in [4.69, 9.17) is 16.3 Å². The van der Waals surface area contributed by atoms with Gasteiger partial charge in [-0.2, -0.15) is 0 Å². The van der Waals surface area contributed by atoms with Gasteiger partial charge in [0.1, 0.15) is 5.75 Å². The lowest BCUT2D eigenvalue weighted by Crippen LogP contribution is -2.43. The summed E-state index contributed by atoms with van der Waals surface area (Å²) >= 11 is 5.91. The normalized spacial score (nSPS) is 13.4. The lowest BCUT2D eigenvalue weighted by Gasteiger charge is -2.17. The summed E-state index contributed by atoms with van der Waals surface area (Å²) in [5, 5.41) is 3.01. The van der Waals surface area contributed by atoms with E-state index in [1.807, 2.05) is 4.83 Å². The third kappa shape index (κ3) is 4.76. The van der Waals surface area contributed by atoms with Gasteiger partial charge in [-0.05, 0) is 42.3 Å². The molecule has 0 saturated heterocycles. The van der Waals surface area contributed by atoms with Crippen LogP contribution in [0.3, 0.4) is 0 Å². The number of carbonyl (C=O) groups excluding carboxylic acids is 2. The molecular formula is C17H16ClN3O5S. The SMILES string of the molecule is O=C(COc1ccccc1Cl)NNS(=O)(=O)c1ccc2c(c1)CCC(=O)N2. The van der Waals surface area contributed by atoms with Crippen molar-refractivity contribution in [2.45, 2.75) is 17.7 Å². The van der Waals surface area contributed by atoms with E-state index in [1.54, 1.807) is 24.3 Å². The van der Waals surface area contributed by atoms with Crippen molar-refractivity contribution in [2.24, 2.45) is 0 Å². The van der Waals surface area contributed by atoms with Crippen LogP contribution in [0.1, 0.15) is 12.0 Å². The first-order chi connectivity index (χ1) is 12.8. The second kappa shape index (κ2) is 7.95. The number of para-hydroxylation sites is 1. The van der Waals surface area contributed by atoms with Gasteiger partial charge < -0.3 is 10.1 Å². The van der Waals surface area contributed by atoms with E-state index in [-0.39, 0.29) is 10.8 Å². The molecular weight excluding hydrogens is 394 g/mol. The van der Waals surface area contributed by atoms with Crippen LogP contribution < -0.4 is 20.3 Å². The van der Waals surface area contributed by atoms with Crippen LogP contribution in [-0.4, -0.2) is 26.8 Å². The maximum atomic E-state index is 12.3. The van der Waals surface area contributed by atoms with Crippen LogP contribution in [0.25, 0.3) is 0 Å². The number of fused-ring (bicyclic) bond motifs is 1. The Hall–Kier alpha value is -2.62. The standard InChI is InChI=1S/C17H16ClN3O5S/c18-13-3-1-2-4-15(13)26-10-17(23)20-21-27(24,25)12-6-7-14-11(9-12)5-8-16(22)19-14/h1-4,6-7,9,21H,5,8,10H2,(H,19,22)(H,20,23). The number of anilines is 1. The van der Waals surface area contributed by atoms with E-state index >= 15 is 0 Å². The zero-order valence-corrected chi connectivity index (χ0v) is 15.6. The first kappa shape index (κ1) is 19.2. The third-order valence-electron chi connectivity index (χ3n) is 3.80. The summed E-state index contributed by atoms with van der Waals surface area (Å²) in [5.74, 6) is -0.486. The van der Waals surface area contributed by atoms with Crippen LogP contribution >= 0.6 is 11.6 Å². The Balaban J connectivity index is 1.59. The van der Waals surface area contributed by atoms with E-state index in [2.05, 4.69) is 10.7 Å². The second-order valence-electron chi connectivity index (χ2n) is 5.74. The number of rotatable bonds is 6. The Morgan fingerprint density at radius 2 is 1.96 bits per heavy atom. The summed E-state index contributed by atoms with van der Waals surface area (Å²) in [4.78, 5) is 25.2. The Morgan fingerprint density at radius 1 is 1.19 bits per heavy atom. The highest BCUT2D eigenvalue weighted by Gasteiger charge is 2.20. The van der Waals surface area contributed by atoms with Crippen molar-refractivity contribution in [2.75, 3.05) is 11.9 Å². The van der Waals surface area contributed by atoms with Gasteiger partial charge in [0.15, 0.2) is 6.61 Å². The van der Waals surface area contributed by atoms with Gasteiger partial charge in [-0.15, -0.1) is 4.83 Å². The molecule has 0 atom stereocenters. The van der Waals surface area contributed by atoms with Crippen molar-refractivity contribution in [1.82, 2.24) is 10.3 Å². The van der Waals surface area contributed by atoms with E-state index in [0.717, 1.165) is 0 Å². The van der Waals surface area contributed by atoms with Crippen LogP contribution in [0.15, 0.2) is 47.4 Å². The molecule has 8 nitrogen and oxygen atoms in total. The molecule has 0 aliphatic carbocycles. The van der Waals surface area contributed by atoms with Crippen molar-refractivity contribution in [1.29, 1.82) is 0 Å². The molecule has 2 aromatic rings. The quantitative estimate of drug-likeness (QED) is 0.627. The monoisotopic (exact) mass is 409 g/mol. The lowest BCUT2D eigenvalue weighted by atomic mass is 10.0. The molecule has 0 spiro atoms. The van der Waals surface area contributed by atoms with Crippen LogP contribution in [0, 0.1) is 0 Å². The number of hydrogen-bond donors (Lipinski definition) is 3. The number of ether oxygens (including phenoxy) is 1. The van der Waals surface area contributed by atoms with E-state index in [0.29, 0.717) is 34.9 Å². The molecule has 2 aromatic carbocycles. The fraction of sp³-hybridized carbons (Fsp3) is 0.176. The predicted molar refractivity (Wildman–Crippen MR) is 98.8 cm³/mol. The summed E-state index contributed by atoms with van der Waals surface area (Å²) in [6, 6.07) is 10.9. The highest BCUT2D eigenvalue weighted by molar-refractivity contribution is 7.89. The Kier molecular flexibility index (Phi) is 5.64. The lowest BCUT2D eigenvalue weighted by molar-refractivity contribution is -0.123. The largest absolute Gasteiger partial charge is 0.482 e. The fourth-order valence-electron chi connectivity index (χ4n) is 2.45. The minimum atomic E-state index is -3.97. The minimum Gasteiger partial charge on any atom is -0.482 e. The van der Waals surface area contributed by atoms with Gasteiger partial charge in [-0.1, -0.05) is 23.7 Å². The Bertz CT molecular complexity index is 994. The van der Waals surface area contributed by atoms with Gasteiger partial charge in [0.05, 0.1) is 9.92 Å². The van der Waals surface area contributed by atoms with Gasteiger partial charge in [-0.25, -0.2) is 8.42 Å². The molecule has 0 radical (unpaired) electrons. The first-order valence-corrected chi connectivity index (χ1v) is 9.82. The molecule has 3 rings (SSSR count). The van der Waals surface area contributed by atoms with Gasteiger partial charge >= 0.3 is 0 Å². The molecule has 27 heavy (non-hydrogen) atoms. The molecule has 142 valence electrons. The van der Waals surface area contributed by atoms with Crippen LogP contribution in [-0.2, 0) is 26.0 Å². The number of hydrogen-bond acceptors (Lipinski definition) is 5. The molecule has 1 aliphatic rings. The molecule has 0 fully saturated rings. The topological polar surface area (TPSA) is 114 Å². The highest BCUT2D eigenvalue weighted by atomic mass is 35.5. The molecule has 10 heteroatoms. The van der Waals surface area contributed by atoms with Crippen molar-refractivity contribution in [3.05, 3.63) is 53.1 Å². The average molecular weight is 410 g/mol. The number of sulfonamides is 1. The number of nitrogens with one attached hydrogen (secondary N) is 3. The maximum absolute atomic E-state index is 12.3. The van der Waals surface area contributed by atoms with Gasteiger partial charge in [0.2, 0.25) is 5.91 Å². The van der Waals surface area contributed by atoms with E-state index in [9.17, 15) is 18.0 Å². The Morgan fingerprint density at radius 3 is 2.74 bits per heavy atom. The summed E-state index contributed by atoms with van der Waals surface area (Å²) in [6.07, 6.45) is 0.739. The van der Waals surface area contributed by atoms with Crippen molar-refractivity contribution >= 4 is 39.1 Å². The number of carbonyl (C=O) groups is 2. The molecule has 0 saturated carbocycles. The van der Waals surface area contributed by atoms with Crippen LogP contribution in [0.4, 0.5) is 5.69 Å². The minimum absolute atomic E-state index is 0.0234. The number of benzene rings is 2. The zero-order valence-electron chi connectivity index (χ0n) is 14.0. The summed E-state index contributed by atoms with van der Waals surface area (Å²) < 4.78 is 29.9. The number of aryl methyl sites for hydroxylation is 1. The predicted octanol–water partition coefficient (Wildman–Crippen LogP) is 1.61. The molecule has 0 aromatic heterocycles. The summed E-state index contributed by atoms with van der Waals surface area (Å²) in [6.45, 7) is -0.414. The molecule has 3 N–H and O–H groups in total. The summed E-state index contributed by atoms with van der Waals surface area (Å²) in [5.41, 5.74) is 3.38. The highest BCUT2D eigenvalue weighted by Crippen LogP contribution is 2.25. The number of amides is 2. The van der Waals surface area contributed by atoms with Gasteiger partial charge in [0, 0.05) is 12.1 Å². The number of halogens is 1. The average Bonchev–Trinajstić information content (AvgIpc) is 2.65. The molecule has 1 aliphatic heterocycles. The van der Waals surface area contributed by atoms with Crippen molar-refractivity contribution in [3.8, 4) is 5.75 Å². The third-order valence-corrected chi connectivity index (χ3v) is 5.36. The van der Waals surface area contributed by atoms with E-state index in [1.165, 1.54) is 18.2 Å².